The van der Waals surface area contributed by atoms with Crippen molar-refractivity contribution in [2.75, 3.05) is 33.2 Å². The van der Waals surface area contributed by atoms with Crippen LogP contribution in [0.2, 0.25) is 0 Å². The molecule has 1 fully saturated rings. The average Bonchev–Trinajstić information content (AvgIpc) is 2.88. The first-order valence-corrected chi connectivity index (χ1v) is 7.03. The molecule has 0 bridgehead atoms. The number of piperidine rings is 1. The van der Waals surface area contributed by atoms with Gasteiger partial charge in [0.2, 0.25) is 5.89 Å². The molecule has 0 aliphatic carbocycles. The number of rotatable bonds is 6. The van der Waals surface area contributed by atoms with Gasteiger partial charge in [0.1, 0.15) is 0 Å². The number of nitrogens with zero attached hydrogens (tertiary/aromatic N) is 3. The van der Waals surface area contributed by atoms with Gasteiger partial charge in [-0.3, -0.25) is 0 Å². The van der Waals surface area contributed by atoms with E-state index in [2.05, 4.69) is 27.3 Å². The molecule has 0 aromatic carbocycles. The van der Waals surface area contributed by atoms with Crippen molar-refractivity contribution in [3.8, 4) is 0 Å². The third-order valence-electron chi connectivity index (χ3n) is 3.69. The zero-order chi connectivity index (χ0) is 12.8. The Bertz CT molecular complexity index is 345. The summed E-state index contributed by atoms with van der Waals surface area (Å²) in [6.45, 7) is 6.66. The lowest BCUT2D eigenvalue weighted by molar-refractivity contribution is 0.202. The first kappa shape index (κ1) is 13.5. The minimum Gasteiger partial charge on any atom is -0.339 e. The van der Waals surface area contributed by atoms with E-state index in [1.54, 1.807) is 0 Å². The highest BCUT2D eigenvalue weighted by molar-refractivity contribution is 4.96. The van der Waals surface area contributed by atoms with Gasteiger partial charge in [-0.15, -0.1) is 0 Å². The molecule has 0 unspecified atom stereocenters. The molecule has 0 spiro atoms. The van der Waals surface area contributed by atoms with Crippen molar-refractivity contribution in [2.45, 2.75) is 38.5 Å². The lowest BCUT2D eigenvalue weighted by atomic mass is 9.97. The monoisotopic (exact) mass is 252 g/mol. The van der Waals surface area contributed by atoms with E-state index in [4.69, 9.17) is 4.52 Å². The molecule has 1 aromatic rings. The zero-order valence-electron chi connectivity index (χ0n) is 11.5. The second-order valence-corrected chi connectivity index (χ2v) is 4.96. The number of hydrogen-bond acceptors (Lipinski definition) is 5. The molecular formula is C13H24N4O. The van der Waals surface area contributed by atoms with E-state index in [1.165, 1.54) is 0 Å². The normalized spacial score (nSPS) is 18.3. The molecule has 5 nitrogen and oxygen atoms in total. The second-order valence-electron chi connectivity index (χ2n) is 4.96. The van der Waals surface area contributed by atoms with Crippen LogP contribution in [0.25, 0.3) is 0 Å². The molecule has 1 aliphatic rings. The quantitative estimate of drug-likeness (QED) is 0.776. The molecular weight excluding hydrogens is 228 g/mol. The molecule has 0 atom stereocenters. The highest BCUT2D eigenvalue weighted by Crippen LogP contribution is 2.26. The summed E-state index contributed by atoms with van der Waals surface area (Å²) in [4.78, 5) is 7.01. The Morgan fingerprint density at radius 2 is 2.17 bits per heavy atom. The highest BCUT2D eigenvalue weighted by Gasteiger charge is 2.24. The van der Waals surface area contributed by atoms with Crippen molar-refractivity contribution >= 4 is 0 Å². The van der Waals surface area contributed by atoms with Gasteiger partial charge in [-0.05, 0) is 52.5 Å². The van der Waals surface area contributed by atoms with Crippen LogP contribution < -0.4 is 5.32 Å². The number of aryl methyl sites for hydroxylation is 1. The van der Waals surface area contributed by atoms with Gasteiger partial charge in [-0.25, -0.2) is 0 Å². The van der Waals surface area contributed by atoms with Gasteiger partial charge in [0.05, 0.1) is 0 Å². The maximum atomic E-state index is 5.40. The highest BCUT2D eigenvalue weighted by atomic mass is 16.5. The van der Waals surface area contributed by atoms with Crippen LogP contribution in [0.1, 0.15) is 43.8 Å². The molecule has 1 saturated heterocycles. The van der Waals surface area contributed by atoms with Gasteiger partial charge in [-0.1, -0.05) is 12.1 Å². The van der Waals surface area contributed by atoms with E-state index < -0.39 is 0 Å². The standard InChI is InChI=1S/C13H24N4O/c1-3-17-9-6-11(7-10-17)13-15-12(16-18-13)5-4-8-14-2/h11,14H,3-10H2,1-2H3. The summed E-state index contributed by atoms with van der Waals surface area (Å²) in [5, 5.41) is 7.20. The molecule has 2 rings (SSSR count). The summed E-state index contributed by atoms with van der Waals surface area (Å²) in [5.74, 6) is 2.18. The molecule has 1 N–H and O–H groups in total. The predicted octanol–water partition coefficient (Wildman–Crippen LogP) is 1.42. The molecule has 102 valence electrons. The van der Waals surface area contributed by atoms with Crippen LogP contribution in [0.5, 0.6) is 0 Å². The van der Waals surface area contributed by atoms with Crippen LogP contribution in [-0.4, -0.2) is 48.3 Å². The van der Waals surface area contributed by atoms with Crippen molar-refractivity contribution in [3.05, 3.63) is 11.7 Å². The number of nitrogens with one attached hydrogen (secondary N) is 1. The topological polar surface area (TPSA) is 54.2 Å². The molecule has 0 radical (unpaired) electrons. The predicted molar refractivity (Wildman–Crippen MR) is 70.6 cm³/mol. The van der Waals surface area contributed by atoms with E-state index >= 15 is 0 Å². The Morgan fingerprint density at radius 3 is 2.83 bits per heavy atom. The van der Waals surface area contributed by atoms with Crippen LogP contribution in [0.4, 0.5) is 0 Å². The first-order chi connectivity index (χ1) is 8.83. The van der Waals surface area contributed by atoms with Crippen LogP contribution in [0.15, 0.2) is 4.52 Å². The number of likely N-dealkylation sites (tertiary alicyclic amines) is 1. The maximum absolute atomic E-state index is 5.40. The van der Waals surface area contributed by atoms with Gasteiger partial charge < -0.3 is 14.7 Å². The average molecular weight is 252 g/mol. The Hall–Kier alpha value is -0.940. The second kappa shape index (κ2) is 6.85. The Balaban J connectivity index is 1.82. The molecule has 0 saturated carbocycles. The fourth-order valence-corrected chi connectivity index (χ4v) is 2.45. The van der Waals surface area contributed by atoms with Gasteiger partial charge in [0.25, 0.3) is 0 Å². The van der Waals surface area contributed by atoms with E-state index in [-0.39, 0.29) is 0 Å². The van der Waals surface area contributed by atoms with Crippen LogP contribution in [0, 0.1) is 0 Å². The Labute approximate surface area is 109 Å². The smallest absolute Gasteiger partial charge is 0.229 e. The van der Waals surface area contributed by atoms with Gasteiger partial charge >= 0.3 is 0 Å². The maximum Gasteiger partial charge on any atom is 0.229 e. The number of hydrogen-bond donors (Lipinski definition) is 1. The van der Waals surface area contributed by atoms with Gasteiger partial charge in [-0.2, -0.15) is 4.98 Å². The molecule has 18 heavy (non-hydrogen) atoms. The summed E-state index contributed by atoms with van der Waals surface area (Å²) < 4.78 is 5.40. The summed E-state index contributed by atoms with van der Waals surface area (Å²) in [7, 11) is 1.96. The molecule has 1 aromatic heterocycles. The van der Waals surface area contributed by atoms with Crippen molar-refractivity contribution in [1.29, 1.82) is 0 Å². The Morgan fingerprint density at radius 1 is 1.39 bits per heavy atom. The van der Waals surface area contributed by atoms with E-state index in [0.717, 1.165) is 63.6 Å². The largest absolute Gasteiger partial charge is 0.339 e. The summed E-state index contributed by atoms with van der Waals surface area (Å²) in [6, 6.07) is 0. The van der Waals surface area contributed by atoms with Crippen molar-refractivity contribution in [3.63, 3.8) is 0 Å². The third-order valence-corrected chi connectivity index (χ3v) is 3.69. The lowest BCUT2D eigenvalue weighted by Crippen LogP contribution is -2.32. The van der Waals surface area contributed by atoms with E-state index in [0.29, 0.717) is 5.92 Å². The van der Waals surface area contributed by atoms with Crippen LogP contribution >= 0.6 is 0 Å². The van der Waals surface area contributed by atoms with E-state index in [9.17, 15) is 0 Å². The van der Waals surface area contributed by atoms with E-state index in [1.807, 2.05) is 7.05 Å². The summed E-state index contributed by atoms with van der Waals surface area (Å²) >= 11 is 0. The van der Waals surface area contributed by atoms with Gasteiger partial charge in [0.15, 0.2) is 5.82 Å². The third kappa shape index (κ3) is 3.53. The fourth-order valence-electron chi connectivity index (χ4n) is 2.45. The van der Waals surface area contributed by atoms with Crippen molar-refractivity contribution < 1.29 is 4.52 Å². The van der Waals surface area contributed by atoms with Crippen LogP contribution in [-0.2, 0) is 6.42 Å². The first-order valence-electron chi connectivity index (χ1n) is 7.03. The van der Waals surface area contributed by atoms with Crippen LogP contribution in [0.3, 0.4) is 0 Å². The minimum absolute atomic E-state index is 0.471. The molecule has 5 heteroatoms. The lowest BCUT2D eigenvalue weighted by Gasteiger charge is -2.28. The fraction of sp³-hybridized carbons (Fsp3) is 0.846. The van der Waals surface area contributed by atoms with Crippen molar-refractivity contribution in [2.24, 2.45) is 0 Å². The molecule has 1 aliphatic heterocycles. The Kier molecular flexibility index (Phi) is 5.13. The summed E-state index contributed by atoms with van der Waals surface area (Å²) in [5.41, 5.74) is 0. The molecule has 0 amide bonds. The summed E-state index contributed by atoms with van der Waals surface area (Å²) in [6.07, 6.45) is 4.25. The zero-order valence-corrected chi connectivity index (χ0v) is 11.5. The number of aromatic nitrogens is 2. The SMILES string of the molecule is CCN1CCC(c2nc(CCCNC)no2)CC1. The minimum atomic E-state index is 0.471. The molecule has 2 heterocycles. The van der Waals surface area contributed by atoms with Gasteiger partial charge in [0, 0.05) is 12.3 Å². The van der Waals surface area contributed by atoms with Crippen molar-refractivity contribution in [1.82, 2.24) is 20.4 Å².